The van der Waals surface area contributed by atoms with E-state index in [0.717, 1.165) is 38.1 Å². The second kappa shape index (κ2) is 7.40. The van der Waals surface area contributed by atoms with Gasteiger partial charge >= 0.3 is 0 Å². The lowest BCUT2D eigenvalue weighted by Gasteiger charge is -2.50. The fourth-order valence-electron chi connectivity index (χ4n) is 4.26. The second-order valence-corrected chi connectivity index (χ2v) is 7.54. The Morgan fingerprint density at radius 2 is 2.22 bits per heavy atom. The molecule has 2 aliphatic rings. The van der Waals surface area contributed by atoms with Crippen LogP contribution < -0.4 is 5.32 Å². The minimum atomic E-state index is -0.153. The van der Waals surface area contributed by atoms with Crippen molar-refractivity contribution in [1.82, 2.24) is 19.8 Å². The molecule has 27 heavy (non-hydrogen) atoms. The van der Waals surface area contributed by atoms with Gasteiger partial charge in [-0.2, -0.15) is 0 Å². The maximum Gasteiger partial charge on any atom is 0.287 e. The first-order valence-corrected chi connectivity index (χ1v) is 9.43. The number of aromatic nitrogens is 2. The van der Waals surface area contributed by atoms with Crippen LogP contribution in [0.25, 0.3) is 0 Å². The molecule has 0 aliphatic carbocycles. The van der Waals surface area contributed by atoms with Crippen LogP contribution >= 0.6 is 0 Å². The van der Waals surface area contributed by atoms with Gasteiger partial charge in [0.15, 0.2) is 5.82 Å². The molecule has 2 saturated heterocycles. The number of ether oxygens (including phenoxy) is 1. The Hall–Kier alpha value is -2.25. The highest BCUT2D eigenvalue weighted by atomic mass is 19.1. The van der Waals surface area contributed by atoms with Gasteiger partial charge < -0.3 is 14.6 Å². The molecule has 3 heterocycles. The Bertz CT molecular complexity index is 816. The van der Waals surface area contributed by atoms with Crippen molar-refractivity contribution in [2.24, 2.45) is 13.0 Å². The topological polar surface area (TPSA) is 59.4 Å². The van der Waals surface area contributed by atoms with Gasteiger partial charge in [0.1, 0.15) is 5.82 Å². The third-order valence-electron chi connectivity index (χ3n) is 5.74. The Morgan fingerprint density at radius 1 is 1.41 bits per heavy atom. The molecular weight excluding hydrogens is 347 g/mol. The summed E-state index contributed by atoms with van der Waals surface area (Å²) in [5.41, 5.74) is 0.586. The molecule has 1 aromatic carbocycles. The summed E-state index contributed by atoms with van der Waals surface area (Å²) in [6, 6.07) is 6.92. The fraction of sp³-hybridized carbons (Fsp3) is 0.500. The zero-order valence-electron chi connectivity index (χ0n) is 15.5. The second-order valence-electron chi connectivity index (χ2n) is 7.54. The Balaban J connectivity index is 1.27. The molecule has 2 aromatic rings. The van der Waals surface area contributed by atoms with E-state index >= 15 is 0 Å². The zero-order valence-corrected chi connectivity index (χ0v) is 15.5. The maximum atomic E-state index is 13.8. The molecule has 1 N–H and O–H groups in total. The van der Waals surface area contributed by atoms with Crippen molar-refractivity contribution in [2.75, 3.05) is 26.2 Å². The number of carbonyl (C=O) groups excluding carboxylic acids is 1. The molecule has 1 aromatic heterocycles. The molecular formula is C20H25FN4O2. The lowest BCUT2D eigenvalue weighted by molar-refractivity contribution is -0.137. The van der Waals surface area contributed by atoms with E-state index in [1.165, 1.54) is 6.07 Å². The molecule has 1 unspecified atom stereocenters. The number of nitrogens with one attached hydrogen (secondary N) is 1. The number of aryl methyl sites for hydroxylation is 1. The largest absolute Gasteiger partial charge is 0.372 e. The van der Waals surface area contributed by atoms with Crippen LogP contribution in [-0.4, -0.2) is 52.2 Å². The minimum Gasteiger partial charge on any atom is -0.372 e. The highest BCUT2D eigenvalue weighted by Crippen LogP contribution is 2.42. The molecule has 0 saturated carbocycles. The predicted octanol–water partition coefficient (Wildman–Crippen LogP) is 1.97. The molecule has 4 rings (SSSR count). The Morgan fingerprint density at radius 3 is 2.96 bits per heavy atom. The summed E-state index contributed by atoms with van der Waals surface area (Å²) in [4.78, 5) is 18.5. The summed E-state index contributed by atoms with van der Waals surface area (Å²) in [6.45, 7) is 3.61. The SMILES string of the molecule is Cn1ccnc1C(=O)NCCC1CCOC12CN(Cc1ccccc1F)C2. The van der Waals surface area contributed by atoms with Crippen molar-refractivity contribution in [3.05, 3.63) is 53.9 Å². The average Bonchev–Trinajstić information content (AvgIpc) is 3.23. The van der Waals surface area contributed by atoms with Crippen LogP contribution in [0.1, 0.15) is 29.0 Å². The Kier molecular flexibility index (Phi) is 4.97. The van der Waals surface area contributed by atoms with Gasteiger partial charge in [-0.15, -0.1) is 0 Å². The first kappa shape index (κ1) is 18.1. The molecule has 1 amide bonds. The van der Waals surface area contributed by atoms with E-state index in [2.05, 4.69) is 15.2 Å². The van der Waals surface area contributed by atoms with Crippen molar-refractivity contribution >= 4 is 5.91 Å². The lowest BCUT2D eigenvalue weighted by atomic mass is 9.78. The molecule has 1 atom stereocenters. The van der Waals surface area contributed by atoms with Crippen LogP contribution in [0.4, 0.5) is 4.39 Å². The highest BCUT2D eigenvalue weighted by molar-refractivity contribution is 5.90. The van der Waals surface area contributed by atoms with E-state index in [1.54, 1.807) is 30.1 Å². The van der Waals surface area contributed by atoms with Crippen LogP contribution in [0.5, 0.6) is 0 Å². The van der Waals surface area contributed by atoms with E-state index < -0.39 is 0 Å². The van der Waals surface area contributed by atoms with Crippen LogP contribution in [0.2, 0.25) is 0 Å². The van der Waals surface area contributed by atoms with Gasteiger partial charge in [0.25, 0.3) is 5.91 Å². The monoisotopic (exact) mass is 372 g/mol. The first-order chi connectivity index (χ1) is 13.1. The van der Waals surface area contributed by atoms with Gasteiger partial charge in [-0.25, -0.2) is 9.37 Å². The van der Waals surface area contributed by atoms with E-state index in [9.17, 15) is 9.18 Å². The number of halogens is 1. The number of likely N-dealkylation sites (tertiary alicyclic amines) is 1. The number of nitrogens with zero attached hydrogens (tertiary/aromatic N) is 3. The van der Waals surface area contributed by atoms with Crippen molar-refractivity contribution in [1.29, 1.82) is 0 Å². The number of hydrogen-bond donors (Lipinski definition) is 1. The van der Waals surface area contributed by atoms with Gasteiger partial charge in [0.05, 0.1) is 5.60 Å². The molecule has 6 nitrogen and oxygen atoms in total. The van der Waals surface area contributed by atoms with Crippen molar-refractivity contribution < 1.29 is 13.9 Å². The smallest absolute Gasteiger partial charge is 0.287 e. The molecule has 0 bridgehead atoms. The van der Waals surface area contributed by atoms with E-state index in [4.69, 9.17) is 4.74 Å². The van der Waals surface area contributed by atoms with Crippen LogP contribution in [0, 0.1) is 11.7 Å². The zero-order chi connectivity index (χ0) is 18.9. The third-order valence-corrected chi connectivity index (χ3v) is 5.74. The van der Waals surface area contributed by atoms with E-state index in [-0.39, 0.29) is 17.3 Å². The lowest BCUT2D eigenvalue weighted by Crippen LogP contribution is -2.64. The molecule has 0 radical (unpaired) electrons. The molecule has 1 spiro atoms. The van der Waals surface area contributed by atoms with Gasteiger partial charge in [0.2, 0.25) is 0 Å². The fourth-order valence-corrected chi connectivity index (χ4v) is 4.26. The van der Waals surface area contributed by atoms with Gasteiger partial charge in [-0.1, -0.05) is 18.2 Å². The molecule has 144 valence electrons. The van der Waals surface area contributed by atoms with Crippen molar-refractivity contribution in [2.45, 2.75) is 25.0 Å². The molecule has 2 aliphatic heterocycles. The summed E-state index contributed by atoms with van der Waals surface area (Å²) in [5, 5.41) is 2.96. The van der Waals surface area contributed by atoms with Crippen LogP contribution in [0.15, 0.2) is 36.7 Å². The highest BCUT2D eigenvalue weighted by Gasteiger charge is 2.52. The summed E-state index contributed by atoms with van der Waals surface area (Å²) in [6.07, 6.45) is 5.26. The van der Waals surface area contributed by atoms with E-state index in [0.29, 0.717) is 24.8 Å². The standard InChI is InChI=1S/C20H25FN4O2/c1-24-10-9-22-18(24)19(26)23-8-6-16-7-11-27-20(16)13-25(14-20)12-15-4-2-3-5-17(15)21/h2-5,9-10,16H,6-8,11-14H2,1H3,(H,23,26). The van der Waals surface area contributed by atoms with Gasteiger partial charge in [0, 0.05) is 57.8 Å². The summed E-state index contributed by atoms with van der Waals surface area (Å²) < 4.78 is 21.6. The normalized spacial score (nSPS) is 21.3. The number of rotatable bonds is 6. The Labute approximate surface area is 158 Å². The number of benzene rings is 1. The van der Waals surface area contributed by atoms with Crippen LogP contribution in [0.3, 0.4) is 0 Å². The number of amides is 1. The minimum absolute atomic E-state index is 0.140. The molecule has 2 fully saturated rings. The van der Waals surface area contributed by atoms with Gasteiger partial charge in [-0.05, 0) is 24.8 Å². The van der Waals surface area contributed by atoms with Gasteiger partial charge in [-0.3, -0.25) is 9.69 Å². The molecule has 7 heteroatoms. The van der Waals surface area contributed by atoms with Crippen molar-refractivity contribution in [3.63, 3.8) is 0 Å². The summed E-state index contributed by atoms with van der Waals surface area (Å²) in [5.74, 6) is 0.535. The average molecular weight is 372 g/mol. The number of hydrogen-bond acceptors (Lipinski definition) is 4. The predicted molar refractivity (Wildman–Crippen MR) is 98.6 cm³/mol. The van der Waals surface area contributed by atoms with Crippen LogP contribution in [-0.2, 0) is 18.3 Å². The summed E-state index contributed by atoms with van der Waals surface area (Å²) in [7, 11) is 1.81. The number of imidazole rings is 1. The first-order valence-electron chi connectivity index (χ1n) is 9.43. The van der Waals surface area contributed by atoms with E-state index in [1.807, 2.05) is 12.1 Å². The summed E-state index contributed by atoms with van der Waals surface area (Å²) >= 11 is 0. The number of carbonyl (C=O) groups is 1. The van der Waals surface area contributed by atoms with Crippen molar-refractivity contribution in [3.8, 4) is 0 Å². The maximum absolute atomic E-state index is 13.8. The quantitative estimate of drug-likeness (QED) is 0.842. The third kappa shape index (κ3) is 3.61.